The maximum Gasteiger partial charge on any atom is 0.269 e. The number of nitriles is 1. The van der Waals surface area contributed by atoms with Gasteiger partial charge in [-0.1, -0.05) is 12.1 Å². The van der Waals surface area contributed by atoms with Gasteiger partial charge in [0.2, 0.25) is 0 Å². The summed E-state index contributed by atoms with van der Waals surface area (Å²) in [6.45, 7) is 0.286. The number of carbonyl (C=O) groups is 1. The van der Waals surface area contributed by atoms with Crippen molar-refractivity contribution in [1.82, 2.24) is 14.9 Å². The van der Waals surface area contributed by atoms with E-state index in [0.717, 1.165) is 5.56 Å². The van der Waals surface area contributed by atoms with E-state index in [9.17, 15) is 14.4 Å². The minimum Gasteiger partial charge on any atom is -0.347 e. The van der Waals surface area contributed by atoms with Crippen LogP contribution in [-0.4, -0.2) is 15.5 Å². The van der Waals surface area contributed by atoms with E-state index in [0.29, 0.717) is 0 Å². The number of hydrogen-bond acceptors (Lipinski definition) is 3. The van der Waals surface area contributed by atoms with Crippen LogP contribution < -0.4 is 5.32 Å². The van der Waals surface area contributed by atoms with Crippen molar-refractivity contribution in [3.05, 3.63) is 83.7 Å². The number of carbonyl (C=O) groups excluding carboxylic acids is 1. The number of hydrogen-bond donors (Lipinski definition) is 1. The number of amides is 1. The lowest BCUT2D eigenvalue weighted by Crippen LogP contribution is -2.26. The number of nitrogens with zero attached hydrogens (tertiary/aromatic N) is 3. The van der Waals surface area contributed by atoms with Gasteiger partial charge in [-0.05, 0) is 35.9 Å². The summed E-state index contributed by atoms with van der Waals surface area (Å²) in [5.74, 6) is -0.919. The topological polar surface area (TPSA) is 70.7 Å². The highest BCUT2D eigenvalue weighted by Crippen LogP contribution is 2.19. The highest BCUT2D eigenvalue weighted by molar-refractivity contribution is 5.95. The van der Waals surface area contributed by atoms with E-state index < -0.39 is 11.7 Å². The molecule has 0 saturated heterocycles. The molecule has 0 aliphatic heterocycles. The molecule has 3 rings (SSSR count). The molecule has 0 atom stereocenters. The van der Waals surface area contributed by atoms with E-state index in [2.05, 4.69) is 10.3 Å². The standard InChI is InChI=1S/C18H13FN4O/c19-15-3-1-2-4-16(15)23-10-7-14(11-20)17(23)18(24)22-12-13-5-8-21-9-6-13/h1-10H,12H2,(H,22,24). The van der Waals surface area contributed by atoms with Gasteiger partial charge in [0, 0.05) is 25.1 Å². The van der Waals surface area contributed by atoms with Crippen molar-refractivity contribution in [2.45, 2.75) is 6.54 Å². The van der Waals surface area contributed by atoms with Crippen LogP contribution in [0, 0.1) is 17.1 Å². The molecular formula is C18H13FN4O. The first-order valence-corrected chi connectivity index (χ1v) is 7.24. The molecule has 1 N–H and O–H groups in total. The van der Waals surface area contributed by atoms with Crippen molar-refractivity contribution in [1.29, 1.82) is 5.26 Å². The van der Waals surface area contributed by atoms with E-state index in [1.54, 1.807) is 42.7 Å². The molecule has 0 aliphatic carbocycles. The molecule has 0 aliphatic rings. The predicted octanol–water partition coefficient (Wildman–Crippen LogP) is 2.81. The number of benzene rings is 1. The van der Waals surface area contributed by atoms with Gasteiger partial charge in [-0.3, -0.25) is 9.78 Å². The molecule has 2 aromatic heterocycles. The second-order valence-corrected chi connectivity index (χ2v) is 5.05. The number of pyridine rings is 1. The van der Waals surface area contributed by atoms with Crippen molar-refractivity contribution in [3.8, 4) is 11.8 Å². The first-order valence-electron chi connectivity index (χ1n) is 7.24. The monoisotopic (exact) mass is 320 g/mol. The lowest BCUT2D eigenvalue weighted by atomic mass is 10.2. The number of rotatable bonds is 4. The minimum atomic E-state index is -0.472. The van der Waals surface area contributed by atoms with Crippen molar-refractivity contribution in [2.24, 2.45) is 0 Å². The highest BCUT2D eigenvalue weighted by atomic mass is 19.1. The molecule has 6 heteroatoms. The van der Waals surface area contributed by atoms with E-state index >= 15 is 0 Å². The Morgan fingerprint density at radius 3 is 2.67 bits per heavy atom. The third kappa shape index (κ3) is 3.01. The smallest absolute Gasteiger partial charge is 0.269 e. The summed E-state index contributed by atoms with van der Waals surface area (Å²) in [7, 11) is 0. The SMILES string of the molecule is N#Cc1ccn(-c2ccccc2F)c1C(=O)NCc1ccncc1. The first kappa shape index (κ1) is 15.4. The molecule has 0 spiro atoms. The van der Waals surface area contributed by atoms with Crippen LogP contribution in [0.1, 0.15) is 21.6 Å². The van der Waals surface area contributed by atoms with Crippen molar-refractivity contribution >= 4 is 5.91 Å². The van der Waals surface area contributed by atoms with Gasteiger partial charge >= 0.3 is 0 Å². The van der Waals surface area contributed by atoms with Crippen LogP contribution in [0.5, 0.6) is 0 Å². The fraction of sp³-hybridized carbons (Fsp3) is 0.0556. The third-order valence-corrected chi connectivity index (χ3v) is 3.54. The van der Waals surface area contributed by atoms with E-state index in [1.807, 2.05) is 6.07 Å². The number of halogens is 1. The Balaban J connectivity index is 1.92. The molecule has 24 heavy (non-hydrogen) atoms. The first-order chi connectivity index (χ1) is 11.7. The largest absolute Gasteiger partial charge is 0.347 e. The maximum atomic E-state index is 14.0. The summed E-state index contributed by atoms with van der Waals surface area (Å²) in [5, 5.41) is 12.0. The summed E-state index contributed by atoms with van der Waals surface area (Å²) in [5.41, 5.74) is 1.39. The molecule has 0 radical (unpaired) electrons. The molecule has 1 aromatic carbocycles. The van der Waals surface area contributed by atoms with Gasteiger partial charge in [0.05, 0.1) is 11.3 Å². The average Bonchev–Trinajstić information content (AvgIpc) is 3.05. The Bertz CT molecular complexity index is 912. The Morgan fingerprint density at radius 1 is 1.21 bits per heavy atom. The van der Waals surface area contributed by atoms with E-state index in [-0.39, 0.29) is 23.5 Å². The van der Waals surface area contributed by atoms with Crippen molar-refractivity contribution in [2.75, 3.05) is 0 Å². The lowest BCUT2D eigenvalue weighted by Gasteiger charge is -2.11. The molecule has 2 heterocycles. The van der Waals surface area contributed by atoms with Gasteiger partial charge in [-0.2, -0.15) is 5.26 Å². The Hall–Kier alpha value is -3.46. The second kappa shape index (κ2) is 6.75. The molecular weight excluding hydrogens is 307 g/mol. The summed E-state index contributed by atoms with van der Waals surface area (Å²) < 4.78 is 15.4. The summed E-state index contributed by atoms with van der Waals surface area (Å²) in [6, 6.07) is 13.1. The van der Waals surface area contributed by atoms with Crippen molar-refractivity contribution in [3.63, 3.8) is 0 Å². The average molecular weight is 320 g/mol. The van der Waals surface area contributed by atoms with Gasteiger partial charge in [0.15, 0.2) is 0 Å². The van der Waals surface area contributed by atoms with E-state index in [4.69, 9.17) is 0 Å². The van der Waals surface area contributed by atoms with Crippen LogP contribution in [0.15, 0.2) is 61.1 Å². The molecule has 0 fully saturated rings. The molecule has 1 amide bonds. The lowest BCUT2D eigenvalue weighted by molar-refractivity contribution is 0.0944. The van der Waals surface area contributed by atoms with Crippen LogP contribution in [0.4, 0.5) is 4.39 Å². The zero-order valence-electron chi connectivity index (χ0n) is 12.6. The highest BCUT2D eigenvalue weighted by Gasteiger charge is 2.19. The fourth-order valence-corrected chi connectivity index (χ4v) is 2.37. The van der Waals surface area contributed by atoms with Gasteiger partial charge in [-0.15, -0.1) is 0 Å². The zero-order chi connectivity index (χ0) is 16.9. The van der Waals surface area contributed by atoms with E-state index in [1.165, 1.54) is 22.9 Å². The van der Waals surface area contributed by atoms with Gasteiger partial charge in [0.25, 0.3) is 5.91 Å². The molecule has 118 valence electrons. The second-order valence-electron chi connectivity index (χ2n) is 5.05. The van der Waals surface area contributed by atoms with Gasteiger partial charge in [-0.25, -0.2) is 4.39 Å². The van der Waals surface area contributed by atoms with Crippen LogP contribution in [0.3, 0.4) is 0 Å². The number of aromatic nitrogens is 2. The van der Waals surface area contributed by atoms with Crippen LogP contribution in [-0.2, 0) is 6.54 Å². The molecule has 3 aromatic rings. The fourth-order valence-electron chi connectivity index (χ4n) is 2.37. The number of nitrogens with one attached hydrogen (secondary N) is 1. The Morgan fingerprint density at radius 2 is 1.96 bits per heavy atom. The summed E-state index contributed by atoms with van der Waals surface area (Å²) in [4.78, 5) is 16.5. The summed E-state index contributed by atoms with van der Waals surface area (Å²) >= 11 is 0. The maximum absolute atomic E-state index is 14.0. The Kier molecular flexibility index (Phi) is 4.34. The van der Waals surface area contributed by atoms with Crippen LogP contribution in [0.25, 0.3) is 5.69 Å². The normalized spacial score (nSPS) is 10.2. The van der Waals surface area contributed by atoms with Crippen LogP contribution in [0.2, 0.25) is 0 Å². The minimum absolute atomic E-state index is 0.108. The zero-order valence-corrected chi connectivity index (χ0v) is 12.6. The third-order valence-electron chi connectivity index (χ3n) is 3.54. The predicted molar refractivity (Wildman–Crippen MR) is 85.8 cm³/mol. The van der Waals surface area contributed by atoms with Gasteiger partial charge in [0.1, 0.15) is 17.6 Å². The molecule has 0 saturated carbocycles. The number of para-hydroxylation sites is 1. The quantitative estimate of drug-likeness (QED) is 0.803. The molecule has 0 unspecified atom stereocenters. The molecule has 5 nitrogen and oxygen atoms in total. The summed E-state index contributed by atoms with van der Waals surface area (Å²) in [6.07, 6.45) is 4.77. The Labute approximate surface area is 138 Å². The molecule has 0 bridgehead atoms. The van der Waals surface area contributed by atoms with Crippen molar-refractivity contribution < 1.29 is 9.18 Å². The van der Waals surface area contributed by atoms with Crippen LogP contribution >= 0.6 is 0 Å². The van der Waals surface area contributed by atoms with Gasteiger partial charge < -0.3 is 9.88 Å².